The lowest BCUT2D eigenvalue weighted by molar-refractivity contribution is 0.443. The summed E-state index contributed by atoms with van der Waals surface area (Å²) in [6.07, 6.45) is 6.64. The molecule has 0 bridgehead atoms. The number of rotatable bonds is 4. The monoisotopic (exact) mass is 957 g/mol. The lowest BCUT2D eigenvalue weighted by atomic mass is 9.36. The van der Waals surface area contributed by atoms with Gasteiger partial charge in [-0.15, -0.1) is 11.3 Å². The van der Waals surface area contributed by atoms with E-state index in [0.717, 1.165) is 0 Å². The standard InChI is InChI=1S/C67H81BN2S/c1-40-30-56-59-57(31-40)70(60-41(2)32-44(33-42(60)3)43-22-20-19-21-23-43)61-52-38-47(64(7,8)9)26-29-58(52)71-62(61)68(59)53-39-48(65(10,11)12)25-28-55(53)69(56)54-27-24-46(63(4,5)6)37-51(54)45-34-49(66(13,14)15)36-50(35-45)67(16,17)18/h24-39,43H,19-23H2,1-18H3. The second-order valence-electron chi connectivity index (χ2n) is 27.2. The van der Waals surface area contributed by atoms with Gasteiger partial charge in [-0.25, -0.2) is 0 Å². The Morgan fingerprint density at radius 2 is 0.972 bits per heavy atom. The summed E-state index contributed by atoms with van der Waals surface area (Å²) in [5.41, 5.74) is 25.4. The van der Waals surface area contributed by atoms with E-state index in [9.17, 15) is 0 Å². The topological polar surface area (TPSA) is 6.48 Å². The van der Waals surface area contributed by atoms with Gasteiger partial charge < -0.3 is 9.80 Å². The molecule has 0 unspecified atom stereocenters. The molecule has 0 N–H and O–H groups in total. The SMILES string of the molecule is Cc1cc2c3c(c1)N(c1c(C)cc(C4CCCCC4)cc1C)c1c(sc4ccc(C(C)(C)C)cc14)B3c1cc(C(C)(C)C)ccc1N2c1ccc(C(C)(C)C)cc1-c1cc(C(C)(C)C)cc(C(C)(C)C)c1. The summed E-state index contributed by atoms with van der Waals surface area (Å²) in [5, 5.41) is 1.37. The fourth-order valence-electron chi connectivity index (χ4n) is 12.1. The van der Waals surface area contributed by atoms with Crippen LogP contribution in [0.1, 0.15) is 192 Å². The van der Waals surface area contributed by atoms with Crippen LogP contribution in [-0.2, 0) is 27.1 Å². The quantitative estimate of drug-likeness (QED) is 0.162. The van der Waals surface area contributed by atoms with Crippen molar-refractivity contribution in [1.29, 1.82) is 0 Å². The Morgan fingerprint density at radius 3 is 1.54 bits per heavy atom. The van der Waals surface area contributed by atoms with Crippen LogP contribution in [-0.4, -0.2) is 6.71 Å². The molecule has 3 aliphatic rings. The summed E-state index contributed by atoms with van der Waals surface area (Å²) < 4.78 is 2.80. The first-order valence-corrected chi connectivity index (χ1v) is 27.8. The van der Waals surface area contributed by atoms with Gasteiger partial charge in [0.25, 0.3) is 6.71 Å². The second kappa shape index (κ2) is 17.0. The van der Waals surface area contributed by atoms with Gasteiger partial charge in [0.05, 0.1) is 17.1 Å². The van der Waals surface area contributed by atoms with Crippen molar-refractivity contribution in [2.45, 2.75) is 190 Å². The van der Waals surface area contributed by atoms with Gasteiger partial charge >= 0.3 is 0 Å². The van der Waals surface area contributed by atoms with E-state index in [1.807, 2.05) is 11.3 Å². The maximum absolute atomic E-state index is 2.75. The van der Waals surface area contributed by atoms with Gasteiger partial charge in [0, 0.05) is 37.5 Å². The normalized spacial score (nSPS) is 15.6. The van der Waals surface area contributed by atoms with Gasteiger partial charge in [0.2, 0.25) is 0 Å². The lowest BCUT2D eigenvalue weighted by Gasteiger charge is -2.45. The van der Waals surface area contributed by atoms with Crippen molar-refractivity contribution in [3.63, 3.8) is 0 Å². The zero-order chi connectivity index (χ0) is 51.1. The van der Waals surface area contributed by atoms with Gasteiger partial charge in [-0.1, -0.05) is 178 Å². The van der Waals surface area contributed by atoms with Crippen LogP contribution in [0.3, 0.4) is 0 Å². The highest BCUT2D eigenvalue weighted by molar-refractivity contribution is 7.33. The molecule has 1 saturated carbocycles. The molecule has 0 radical (unpaired) electrons. The summed E-state index contributed by atoms with van der Waals surface area (Å²) in [5.74, 6) is 0.643. The van der Waals surface area contributed by atoms with E-state index in [1.54, 1.807) is 0 Å². The van der Waals surface area contributed by atoms with Crippen LogP contribution in [0.2, 0.25) is 0 Å². The maximum atomic E-state index is 2.75. The number of benzene rings is 6. The molecular formula is C67H81BN2S. The van der Waals surface area contributed by atoms with Crippen LogP contribution in [0, 0.1) is 20.8 Å². The number of thiophene rings is 1. The minimum atomic E-state index is -0.0377. The highest BCUT2D eigenvalue weighted by atomic mass is 32.1. The molecule has 71 heavy (non-hydrogen) atoms. The maximum Gasteiger partial charge on any atom is 0.264 e. The fraction of sp³-hybridized carbons (Fsp3) is 0.433. The second-order valence-corrected chi connectivity index (χ2v) is 28.3. The Hall–Kier alpha value is -5.06. The molecule has 2 aliphatic heterocycles. The van der Waals surface area contributed by atoms with E-state index < -0.39 is 0 Å². The van der Waals surface area contributed by atoms with Crippen LogP contribution in [0.5, 0.6) is 0 Å². The third-order valence-electron chi connectivity index (χ3n) is 16.4. The number of fused-ring (bicyclic) bond motifs is 6. The Labute approximate surface area is 433 Å². The van der Waals surface area contributed by atoms with E-state index in [0.29, 0.717) is 5.92 Å². The summed E-state index contributed by atoms with van der Waals surface area (Å²) in [7, 11) is 0. The van der Waals surface area contributed by atoms with E-state index in [4.69, 9.17) is 0 Å². The van der Waals surface area contributed by atoms with Crippen molar-refractivity contribution in [3.8, 4) is 11.1 Å². The highest BCUT2D eigenvalue weighted by Gasteiger charge is 2.47. The van der Waals surface area contributed by atoms with Gasteiger partial charge in [0.15, 0.2) is 0 Å². The van der Waals surface area contributed by atoms with Crippen molar-refractivity contribution < 1.29 is 0 Å². The molecule has 1 aliphatic carbocycles. The van der Waals surface area contributed by atoms with Gasteiger partial charge in [-0.05, 0) is 176 Å². The molecule has 7 aromatic rings. The highest BCUT2D eigenvalue weighted by Crippen LogP contribution is 2.53. The predicted octanol–water partition coefficient (Wildman–Crippen LogP) is 18.1. The van der Waals surface area contributed by atoms with Crippen molar-refractivity contribution in [2.24, 2.45) is 0 Å². The van der Waals surface area contributed by atoms with Gasteiger partial charge in [-0.3, -0.25) is 0 Å². The number of hydrogen-bond acceptors (Lipinski definition) is 3. The number of hydrogen-bond donors (Lipinski definition) is 0. The molecule has 4 heteroatoms. The first-order chi connectivity index (χ1) is 33.1. The fourth-order valence-corrected chi connectivity index (χ4v) is 13.4. The van der Waals surface area contributed by atoms with Crippen LogP contribution >= 0.6 is 11.3 Å². The number of anilines is 6. The Kier molecular flexibility index (Phi) is 11.9. The summed E-state index contributed by atoms with van der Waals surface area (Å²) in [6, 6.07) is 39.9. The Morgan fingerprint density at radius 1 is 0.465 bits per heavy atom. The van der Waals surface area contributed by atoms with E-state index in [1.165, 1.54) is 153 Å². The molecule has 1 fully saturated rings. The number of aryl methyl sites for hydroxylation is 3. The van der Waals surface area contributed by atoms with E-state index in [-0.39, 0.29) is 33.8 Å². The van der Waals surface area contributed by atoms with Crippen molar-refractivity contribution in [1.82, 2.24) is 0 Å². The van der Waals surface area contributed by atoms with E-state index >= 15 is 0 Å². The molecule has 2 nitrogen and oxygen atoms in total. The lowest BCUT2D eigenvalue weighted by Crippen LogP contribution is -2.60. The van der Waals surface area contributed by atoms with E-state index in [2.05, 4.69) is 231 Å². The third-order valence-corrected chi connectivity index (χ3v) is 17.7. The van der Waals surface area contributed by atoms with Gasteiger partial charge in [0.1, 0.15) is 0 Å². The molecule has 0 atom stereocenters. The van der Waals surface area contributed by atoms with Crippen LogP contribution < -0.4 is 25.5 Å². The first kappa shape index (κ1) is 49.5. The van der Waals surface area contributed by atoms with Crippen LogP contribution in [0.15, 0.2) is 97.1 Å². The molecule has 368 valence electrons. The molecule has 1 aromatic heterocycles. The third kappa shape index (κ3) is 8.70. The molecule has 0 spiro atoms. The predicted molar refractivity (Wildman–Crippen MR) is 315 cm³/mol. The molecule has 10 rings (SSSR count). The van der Waals surface area contributed by atoms with Crippen LogP contribution in [0.25, 0.3) is 21.2 Å². The minimum Gasteiger partial charge on any atom is -0.311 e. The zero-order valence-corrected chi connectivity index (χ0v) is 47.5. The Bertz CT molecular complexity index is 3190. The summed E-state index contributed by atoms with van der Waals surface area (Å²) in [4.78, 5) is 5.44. The minimum absolute atomic E-state index is 0.0114. The van der Waals surface area contributed by atoms with Gasteiger partial charge in [-0.2, -0.15) is 0 Å². The van der Waals surface area contributed by atoms with Crippen molar-refractivity contribution in [2.75, 3.05) is 9.80 Å². The smallest absolute Gasteiger partial charge is 0.264 e. The molecule has 0 amide bonds. The zero-order valence-electron chi connectivity index (χ0n) is 46.7. The molecule has 0 saturated heterocycles. The molecular weight excluding hydrogens is 876 g/mol. The average Bonchev–Trinajstić information content (AvgIpc) is 3.66. The molecule has 3 heterocycles. The largest absolute Gasteiger partial charge is 0.311 e. The Balaban J connectivity index is 1.33. The van der Waals surface area contributed by atoms with Crippen molar-refractivity contribution in [3.05, 3.63) is 147 Å². The molecule has 6 aromatic carbocycles. The van der Waals surface area contributed by atoms with Crippen molar-refractivity contribution >= 4 is 78.0 Å². The van der Waals surface area contributed by atoms with Crippen LogP contribution in [0.4, 0.5) is 34.1 Å². The average molecular weight is 957 g/mol. The number of nitrogens with zero attached hydrogens (tertiary/aromatic N) is 2. The first-order valence-electron chi connectivity index (χ1n) is 27.0. The summed E-state index contributed by atoms with van der Waals surface area (Å²) in [6.45, 7) is 42.6. The summed E-state index contributed by atoms with van der Waals surface area (Å²) >= 11 is 2.02.